The van der Waals surface area contributed by atoms with E-state index in [0.717, 1.165) is 23.3 Å². The van der Waals surface area contributed by atoms with Crippen molar-refractivity contribution in [2.75, 3.05) is 26.2 Å². The van der Waals surface area contributed by atoms with Crippen LogP contribution in [0.2, 0.25) is 0 Å². The van der Waals surface area contributed by atoms with Crippen LogP contribution in [0, 0.1) is 19.7 Å². The van der Waals surface area contributed by atoms with Crippen LogP contribution in [-0.2, 0) is 20.0 Å². The Bertz CT molecular complexity index is 1040. The fourth-order valence-electron chi connectivity index (χ4n) is 2.93. The van der Waals surface area contributed by atoms with Crippen molar-refractivity contribution in [1.82, 2.24) is 8.61 Å². The van der Waals surface area contributed by atoms with E-state index < -0.39 is 25.9 Å². The number of piperazine rings is 1. The van der Waals surface area contributed by atoms with Crippen molar-refractivity contribution in [2.24, 2.45) is 0 Å². The van der Waals surface area contributed by atoms with Crippen molar-refractivity contribution in [3.63, 3.8) is 0 Å². The molecule has 0 bridgehead atoms. The van der Waals surface area contributed by atoms with Crippen molar-refractivity contribution < 1.29 is 21.2 Å². The summed E-state index contributed by atoms with van der Waals surface area (Å²) in [6.07, 6.45) is 0. The van der Waals surface area contributed by atoms with Gasteiger partial charge in [0.05, 0.1) is 9.79 Å². The lowest BCUT2D eigenvalue weighted by molar-refractivity contribution is 0.273. The molecule has 0 N–H and O–H groups in total. The highest BCUT2D eigenvalue weighted by Crippen LogP contribution is 2.23. The molecule has 0 spiro atoms. The molecule has 2 aromatic rings. The number of nitrogens with zero attached hydrogens (tertiary/aromatic N) is 2. The number of sulfonamides is 2. The van der Waals surface area contributed by atoms with E-state index in [0.29, 0.717) is 0 Å². The Labute approximate surface area is 159 Å². The number of hydrogen-bond donors (Lipinski definition) is 0. The SMILES string of the molecule is Cc1ccc(S(=O)(=O)N2CCN(S(=O)(=O)c3ccc(F)cc3)CC2)cc1C. The van der Waals surface area contributed by atoms with E-state index in [-0.39, 0.29) is 36.0 Å². The first-order valence-electron chi connectivity index (χ1n) is 8.45. The second kappa shape index (κ2) is 7.31. The molecule has 27 heavy (non-hydrogen) atoms. The lowest BCUT2D eigenvalue weighted by Gasteiger charge is -2.33. The molecule has 9 heteroatoms. The molecule has 1 aliphatic rings. The molecule has 1 aliphatic heterocycles. The van der Waals surface area contributed by atoms with Crippen LogP contribution in [0.4, 0.5) is 4.39 Å². The first-order chi connectivity index (χ1) is 12.6. The van der Waals surface area contributed by atoms with Crippen LogP contribution in [0.15, 0.2) is 52.3 Å². The van der Waals surface area contributed by atoms with Gasteiger partial charge in [0.1, 0.15) is 5.82 Å². The van der Waals surface area contributed by atoms with Crippen LogP contribution >= 0.6 is 0 Å². The third kappa shape index (κ3) is 3.91. The summed E-state index contributed by atoms with van der Waals surface area (Å²) in [6.45, 7) is 3.98. The summed E-state index contributed by atoms with van der Waals surface area (Å²) in [7, 11) is -7.46. The van der Waals surface area contributed by atoms with E-state index in [9.17, 15) is 21.2 Å². The van der Waals surface area contributed by atoms with E-state index >= 15 is 0 Å². The molecule has 3 rings (SSSR count). The zero-order valence-electron chi connectivity index (χ0n) is 15.1. The van der Waals surface area contributed by atoms with Gasteiger partial charge in [0.25, 0.3) is 0 Å². The maximum Gasteiger partial charge on any atom is 0.243 e. The predicted octanol–water partition coefficient (Wildman–Crippen LogP) is 2.14. The van der Waals surface area contributed by atoms with Crippen LogP contribution in [0.3, 0.4) is 0 Å². The van der Waals surface area contributed by atoms with Crippen LogP contribution in [-0.4, -0.2) is 51.6 Å². The van der Waals surface area contributed by atoms with Crippen molar-refractivity contribution >= 4 is 20.0 Å². The fraction of sp³-hybridized carbons (Fsp3) is 0.333. The highest BCUT2D eigenvalue weighted by molar-refractivity contribution is 7.89. The van der Waals surface area contributed by atoms with Gasteiger partial charge in [-0.15, -0.1) is 0 Å². The molecule has 1 fully saturated rings. The van der Waals surface area contributed by atoms with Gasteiger partial charge in [0.15, 0.2) is 0 Å². The second-order valence-electron chi connectivity index (χ2n) is 6.51. The number of rotatable bonds is 4. The quantitative estimate of drug-likeness (QED) is 0.771. The predicted molar refractivity (Wildman–Crippen MR) is 99.8 cm³/mol. The smallest absolute Gasteiger partial charge is 0.207 e. The molecule has 0 radical (unpaired) electrons. The van der Waals surface area contributed by atoms with E-state index in [1.165, 1.54) is 20.7 Å². The minimum Gasteiger partial charge on any atom is -0.207 e. The first kappa shape index (κ1) is 19.9. The van der Waals surface area contributed by atoms with Gasteiger partial charge in [0.2, 0.25) is 20.0 Å². The van der Waals surface area contributed by atoms with Crippen molar-refractivity contribution in [3.8, 4) is 0 Å². The molecule has 1 saturated heterocycles. The summed E-state index contributed by atoms with van der Waals surface area (Å²) in [5, 5.41) is 0. The Morgan fingerprint density at radius 1 is 0.704 bits per heavy atom. The van der Waals surface area contributed by atoms with Crippen molar-refractivity contribution in [1.29, 1.82) is 0 Å². The molecule has 146 valence electrons. The lowest BCUT2D eigenvalue weighted by atomic mass is 10.1. The Balaban J connectivity index is 1.76. The summed E-state index contributed by atoms with van der Waals surface area (Å²) >= 11 is 0. The fourth-order valence-corrected chi connectivity index (χ4v) is 5.86. The molecular weight excluding hydrogens is 391 g/mol. The largest absolute Gasteiger partial charge is 0.243 e. The highest BCUT2D eigenvalue weighted by atomic mass is 32.2. The van der Waals surface area contributed by atoms with E-state index in [1.807, 2.05) is 13.8 Å². The summed E-state index contributed by atoms with van der Waals surface area (Å²) in [5.41, 5.74) is 1.89. The molecule has 0 aromatic heterocycles. The average molecular weight is 413 g/mol. The van der Waals surface area contributed by atoms with E-state index in [4.69, 9.17) is 0 Å². The Morgan fingerprint density at radius 2 is 1.15 bits per heavy atom. The third-order valence-corrected chi connectivity index (χ3v) is 8.57. The Hall–Kier alpha value is -1.81. The molecule has 6 nitrogen and oxygen atoms in total. The molecule has 0 unspecified atom stereocenters. The highest BCUT2D eigenvalue weighted by Gasteiger charge is 2.33. The third-order valence-electron chi connectivity index (χ3n) is 4.77. The average Bonchev–Trinajstić information content (AvgIpc) is 2.64. The van der Waals surface area contributed by atoms with Gasteiger partial charge in [0, 0.05) is 26.2 Å². The monoisotopic (exact) mass is 412 g/mol. The zero-order chi connectivity index (χ0) is 19.8. The molecule has 2 aromatic carbocycles. The molecule has 0 saturated carbocycles. The number of hydrogen-bond acceptors (Lipinski definition) is 4. The maximum atomic E-state index is 13.0. The van der Waals surface area contributed by atoms with E-state index in [1.54, 1.807) is 18.2 Å². The maximum absolute atomic E-state index is 13.0. The number of benzene rings is 2. The second-order valence-corrected chi connectivity index (χ2v) is 10.4. The van der Waals surface area contributed by atoms with Gasteiger partial charge in [-0.25, -0.2) is 21.2 Å². The van der Waals surface area contributed by atoms with Gasteiger partial charge in [-0.1, -0.05) is 6.07 Å². The van der Waals surface area contributed by atoms with Crippen LogP contribution in [0.5, 0.6) is 0 Å². The summed E-state index contributed by atoms with van der Waals surface area (Å²) in [6, 6.07) is 9.56. The topological polar surface area (TPSA) is 74.8 Å². The van der Waals surface area contributed by atoms with Crippen LogP contribution in [0.1, 0.15) is 11.1 Å². The minimum absolute atomic E-state index is 0.00522. The van der Waals surface area contributed by atoms with Crippen molar-refractivity contribution in [2.45, 2.75) is 23.6 Å². The zero-order valence-corrected chi connectivity index (χ0v) is 16.7. The molecule has 0 amide bonds. The minimum atomic E-state index is -3.78. The molecular formula is C18H21FN2O4S2. The van der Waals surface area contributed by atoms with Crippen LogP contribution in [0.25, 0.3) is 0 Å². The summed E-state index contributed by atoms with van der Waals surface area (Å²) in [5.74, 6) is -0.516. The molecule has 1 heterocycles. The van der Waals surface area contributed by atoms with Gasteiger partial charge >= 0.3 is 0 Å². The standard InChI is InChI=1S/C18H21FN2O4S2/c1-14-3-6-18(13-15(14)2)27(24,25)21-11-9-20(10-12-21)26(22,23)17-7-4-16(19)5-8-17/h3-8,13H,9-12H2,1-2H3. The van der Waals surface area contributed by atoms with Gasteiger partial charge in [-0.2, -0.15) is 8.61 Å². The Kier molecular flexibility index (Phi) is 5.40. The van der Waals surface area contributed by atoms with E-state index in [2.05, 4.69) is 0 Å². The number of aryl methyl sites for hydroxylation is 2. The number of halogens is 1. The van der Waals surface area contributed by atoms with Crippen LogP contribution < -0.4 is 0 Å². The normalized spacial score (nSPS) is 17.1. The molecule has 0 atom stereocenters. The van der Waals surface area contributed by atoms with Crippen molar-refractivity contribution in [3.05, 3.63) is 59.4 Å². The Morgan fingerprint density at radius 3 is 1.63 bits per heavy atom. The molecule has 0 aliphatic carbocycles. The van der Waals surface area contributed by atoms with Gasteiger partial charge in [-0.3, -0.25) is 0 Å². The summed E-state index contributed by atoms with van der Waals surface area (Å²) < 4.78 is 66.5. The summed E-state index contributed by atoms with van der Waals surface area (Å²) in [4.78, 5) is 0.204. The van der Waals surface area contributed by atoms with Gasteiger partial charge < -0.3 is 0 Å². The lowest BCUT2D eigenvalue weighted by Crippen LogP contribution is -2.50. The first-order valence-corrected chi connectivity index (χ1v) is 11.3. The van der Waals surface area contributed by atoms with Gasteiger partial charge in [-0.05, 0) is 61.4 Å².